The van der Waals surface area contributed by atoms with E-state index < -0.39 is 0 Å². The molecular formula is C14H20N2O. The Morgan fingerprint density at radius 1 is 1.35 bits per heavy atom. The number of amides is 2. The predicted octanol–water partition coefficient (Wildman–Crippen LogP) is 2.96. The highest BCUT2D eigenvalue weighted by atomic mass is 16.2. The summed E-state index contributed by atoms with van der Waals surface area (Å²) < 4.78 is 0. The highest BCUT2D eigenvalue weighted by Crippen LogP contribution is 2.05. The summed E-state index contributed by atoms with van der Waals surface area (Å²) in [6.45, 7) is 6.70. The third-order valence-corrected chi connectivity index (χ3v) is 2.40. The number of carbonyl (C=O) groups excluding carboxylic acids is 1. The molecule has 1 aromatic carbocycles. The van der Waals surface area contributed by atoms with Crippen LogP contribution in [0.2, 0.25) is 0 Å². The molecule has 3 nitrogen and oxygen atoms in total. The quantitative estimate of drug-likeness (QED) is 0.823. The molecule has 17 heavy (non-hydrogen) atoms. The van der Waals surface area contributed by atoms with Crippen LogP contribution in [0.4, 0.5) is 4.79 Å². The Bertz CT molecular complexity index is 397. The fourth-order valence-corrected chi connectivity index (χ4v) is 1.35. The summed E-state index contributed by atoms with van der Waals surface area (Å²) in [6, 6.07) is 7.84. The Morgan fingerprint density at radius 3 is 2.71 bits per heavy atom. The smallest absolute Gasteiger partial charge is 0.319 e. The molecule has 0 saturated carbocycles. The standard InChI is InChI=1S/C14H20N2O/c1-11(2)8-9-15-14(17)16-10-13-7-5-4-6-12(13)3/h4-9,11H,10H2,1-3H3,(H2,15,16,17)/b9-8+. The van der Waals surface area contributed by atoms with Gasteiger partial charge in [-0.05, 0) is 24.0 Å². The van der Waals surface area contributed by atoms with Gasteiger partial charge in [0.05, 0.1) is 0 Å². The van der Waals surface area contributed by atoms with E-state index in [1.54, 1.807) is 6.20 Å². The molecule has 0 aliphatic rings. The second kappa shape index (κ2) is 6.74. The fourth-order valence-electron chi connectivity index (χ4n) is 1.35. The van der Waals surface area contributed by atoms with Gasteiger partial charge in [-0.15, -0.1) is 0 Å². The van der Waals surface area contributed by atoms with Gasteiger partial charge in [-0.3, -0.25) is 0 Å². The van der Waals surface area contributed by atoms with Crippen molar-refractivity contribution in [2.75, 3.05) is 0 Å². The van der Waals surface area contributed by atoms with Gasteiger partial charge in [0.25, 0.3) is 0 Å². The highest BCUT2D eigenvalue weighted by Gasteiger charge is 1.99. The van der Waals surface area contributed by atoms with Crippen molar-refractivity contribution in [3.63, 3.8) is 0 Å². The SMILES string of the molecule is Cc1ccccc1CNC(=O)N/C=C/C(C)C. The normalized spacial score (nSPS) is 10.8. The minimum atomic E-state index is -0.176. The zero-order valence-electron chi connectivity index (χ0n) is 10.7. The van der Waals surface area contributed by atoms with Gasteiger partial charge in [-0.1, -0.05) is 44.2 Å². The van der Waals surface area contributed by atoms with Crippen LogP contribution in [0.15, 0.2) is 36.5 Å². The number of urea groups is 1. The largest absolute Gasteiger partial charge is 0.334 e. The zero-order chi connectivity index (χ0) is 12.7. The second-order valence-corrected chi connectivity index (χ2v) is 4.36. The molecule has 0 radical (unpaired) electrons. The molecule has 3 heteroatoms. The van der Waals surface area contributed by atoms with Gasteiger partial charge >= 0.3 is 6.03 Å². The van der Waals surface area contributed by atoms with E-state index in [-0.39, 0.29) is 6.03 Å². The van der Waals surface area contributed by atoms with Crippen molar-refractivity contribution >= 4 is 6.03 Å². The summed E-state index contributed by atoms with van der Waals surface area (Å²) in [5.74, 6) is 0.437. The first-order valence-corrected chi connectivity index (χ1v) is 5.85. The van der Waals surface area contributed by atoms with Gasteiger partial charge in [-0.25, -0.2) is 4.79 Å². The molecule has 0 bridgehead atoms. The van der Waals surface area contributed by atoms with Gasteiger partial charge in [0, 0.05) is 12.7 Å². The summed E-state index contributed by atoms with van der Waals surface area (Å²) >= 11 is 0. The van der Waals surface area contributed by atoms with Gasteiger partial charge in [0.1, 0.15) is 0 Å². The molecule has 0 aliphatic heterocycles. The minimum absolute atomic E-state index is 0.176. The van der Waals surface area contributed by atoms with Crippen molar-refractivity contribution in [2.45, 2.75) is 27.3 Å². The van der Waals surface area contributed by atoms with Gasteiger partial charge < -0.3 is 10.6 Å². The lowest BCUT2D eigenvalue weighted by molar-refractivity contribution is 0.243. The van der Waals surface area contributed by atoms with Crippen LogP contribution in [0.3, 0.4) is 0 Å². The van der Waals surface area contributed by atoms with E-state index in [0.717, 1.165) is 5.56 Å². The van der Waals surface area contributed by atoms with Crippen LogP contribution in [0.1, 0.15) is 25.0 Å². The van der Waals surface area contributed by atoms with Gasteiger partial charge in [0.2, 0.25) is 0 Å². The molecule has 1 rings (SSSR count). The van der Waals surface area contributed by atoms with Crippen molar-refractivity contribution in [1.29, 1.82) is 0 Å². The van der Waals surface area contributed by atoms with E-state index in [4.69, 9.17) is 0 Å². The number of hydrogen-bond acceptors (Lipinski definition) is 1. The maximum absolute atomic E-state index is 11.4. The number of nitrogens with one attached hydrogen (secondary N) is 2. The first kappa shape index (κ1) is 13.3. The van der Waals surface area contributed by atoms with Crippen LogP contribution in [-0.2, 0) is 6.54 Å². The van der Waals surface area contributed by atoms with E-state index >= 15 is 0 Å². The van der Waals surface area contributed by atoms with Crippen LogP contribution in [0.25, 0.3) is 0 Å². The van der Waals surface area contributed by atoms with Crippen LogP contribution < -0.4 is 10.6 Å². The Morgan fingerprint density at radius 2 is 2.06 bits per heavy atom. The number of benzene rings is 1. The average molecular weight is 232 g/mol. The monoisotopic (exact) mass is 232 g/mol. The van der Waals surface area contributed by atoms with E-state index in [9.17, 15) is 4.79 Å². The molecule has 92 valence electrons. The molecule has 0 heterocycles. The summed E-state index contributed by atoms with van der Waals surface area (Å²) in [4.78, 5) is 11.4. The lowest BCUT2D eigenvalue weighted by Crippen LogP contribution is -2.31. The van der Waals surface area contributed by atoms with Crippen molar-refractivity contribution in [2.24, 2.45) is 5.92 Å². The van der Waals surface area contributed by atoms with Crippen molar-refractivity contribution < 1.29 is 4.79 Å². The summed E-state index contributed by atoms with van der Waals surface area (Å²) in [7, 11) is 0. The molecular weight excluding hydrogens is 212 g/mol. The summed E-state index contributed by atoms with van der Waals surface area (Å²) in [6.07, 6.45) is 3.62. The molecule has 0 atom stereocenters. The molecule has 1 aromatic rings. The fraction of sp³-hybridized carbons (Fsp3) is 0.357. The second-order valence-electron chi connectivity index (χ2n) is 4.36. The van der Waals surface area contributed by atoms with Crippen molar-refractivity contribution in [3.8, 4) is 0 Å². The molecule has 2 N–H and O–H groups in total. The molecule has 0 unspecified atom stereocenters. The van der Waals surface area contributed by atoms with Gasteiger partial charge in [0.15, 0.2) is 0 Å². The van der Waals surface area contributed by atoms with E-state index in [1.165, 1.54) is 5.56 Å². The third-order valence-electron chi connectivity index (χ3n) is 2.40. The Labute approximate surface area is 103 Å². The number of aryl methyl sites for hydroxylation is 1. The van der Waals surface area contributed by atoms with Crippen LogP contribution in [0.5, 0.6) is 0 Å². The Kier molecular flexibility index (Phi) is 5.27. The summed E-state index contributed by atoms with van der Waals surface area (Å²) in [5, 5.41) is 5.49. The van der Waals surface area contributed by atoms with E-state index in [1.807, 2.05) is 37.3 Å². The molecule has 0 aliphatic carbocycles. The summed E-state index contributed by atoms with van der Waals surface area (Å²) in [5.41, 5.74) is 2.32. The zero-order valence-corrected chi connectivity index (χ0v) is 10.7. The Hall–Kier alpha value is -1.77. The lowest BCUT2D eigenvalue weighted by atomic mass is 10.1. The number of carbonyl (C=O) groups is 1. The van der Waals surface area contributed by atoms with Crippen molar-refractivity contribution in [3.05, 3.63) is 47.7 Å². The predicted molar refractivity (Wildman–Crippen MR) is 70.5 cm³/mol. The van der Waals surface area contributed by atoms with Crippen LogP contribution >= 0.6 is 0 Å². The minimum Gasteiger partial charge on any atom is -0.334 e. The third kappa shape index (κ3) is 5.20. The highest BCUT2D eigenvalue weighted by molar-refractivity contribution is 5.74. The first-order valence-electron chi connectivity index (χ1n) is 5.85. The maximum atomic E-state index is 11.4. The lowest BCUT2D eigenvalue weighted by Gasteiger charge is -2.07. The average Bonchev–Trinajstić information content (AvgIpc) is 2.27. The Balaban J connectivity index is 2.36. The first-order chi connectivity index (χ1) is 8.09. The number of hydrogen-bond donors (Lipinski definition) is 2. The van der Waals surface area contributed by atoms with E-state index in [0.29, 0.717) is 12.5 Å². The molecule has 0 aromatic heterocycles. The van der Waals surface area contributed by atoms with Crippen LogP contribution in [-0.4, -0.2) is 6.03 Å². The van der Waals surface area contributed by atoms with Crippen molar-refractivity contribution in [1.82, 2.24) is 10.6 Å². The van der Waals surface area contributed by atoms with Gasteiger partial charge in [-0.2, -0.15) is 0 Å². The molecule has 0 fully saturated rings. The number of allylic oxidation sites excluding steroid dienone is 1. The molecule has 2 amide bonds. The van der Waals surface area contributed by atoms with E-state index in [2.05, 4.69) is 24.5 Å². The number of rotatable bonds is 4. The maximum Gasteiger partial charge on any atom is 0.319 e. The molecule has 0 spiro atoms. The van der Waals surface area contributed by atoms with Crippen LogP contribution in [0, 0.1) is 12.8 Å². The topological polar surface area (TPSA) is 41.1 Å². The molecule has 0 saturated heterocycles.